The number of ether oxygens (including phenoxy) is 1. The van der Waals surface area contributed by atoms with Gasteiger partial charge >= 0.3 is 21.1 Å². The van der Waals surface area contributed by atoms with Gasteiger partial charge in [0.25, 0.3) is 0 Å². The van der Waals surface area contributed by atoms with Gasteiger partial charge in [0.1, 0.15) is 5.75 Å². The van der Waals surface area contributed by atoms with Crippen LogP contribution in [0.5, 0.6) is 5.75 Å². The predicted molar refractivity (Wildman–Crippen MR) is 76.6 cm³/mol. The highest BCUT2D eigenvalue weighted by atomic mass is 27.3. The highest BCUT2D eigenvalue weighted by Crippen LogP contribution is 2.19. The Morgan fingerprint density at radius 3 is 2.10 bits per heavy atom. The monoisotopic (exact) mass is 296 g/mol. The van der Waals surface area contributed by atoms with Crippen molar-refractivity contribution in [1.29, 1.82) is 0 Å². The lowest BCUT2D eigenvalue weighted by Crippen LogP contribution is -2.35. The molecule has 0 aromatic heterocycles. The normalized spacial score (nSPS) is 10.8. The summed E-state index contributed by atoms with van der Waals surface area (Å²) in [7, 11) is 1.51. The van der Waals surface area contributed by atoms with E-state index in [2.05, 4.69) is 0 Å². The van der Waals surface area contributed by atoms with Crippen LogP contribution in [0, 0.1) is 0 Å². The first-order valence-corrected chi connectivity index (χ1v) is 8.00. The van der Waals surface area contributed by atoms with E-state index >= 15 is 0 Å². The summed E-state index contributed by atoms with van der Waals surface area (Å²) in [4.78, 5) is 12.2. The van der Waals surface area contributed by atoms with Gasteiger partial charge in [-0.1, -0.05) is 12.1 Å². The minimum absolute atomic E-state index is 0.0594. The molecule has 5 nitrogen and oxygen atoms in total. The number of methoxy groups -OCH3 is 1. The smallest absolute Gasteiger partial charge is 0.568 e. The van der Waals surface area contributed by atoms with E-state index in [1.54, 1.807) is 24.3 Å². The van der Waals surface area contributed by atoms with E-state index in [0.29, 0.717) is 11.3 Å². The van der Waals surface area contributed by atoms with Crippen LogP contribution in [0.15, 0.2) is 24.3 Å². The number of carbonyl (C=O) groups is 1. The molecule has 6 heteroatoms. The van der Waals surface area contributed by atoms with Crippen molar-refractivity contribution >= 4 is 21.1 Å². The predicted octanol–water partition coefficient (Wildman–Crippen LogP) is 2.69. The van der Waals surface area contributed by atoms with Crippen LogP contribution in [0.2, 0.25) is 0 Å². The fraction of sp³-hybridized carbons (Fsp3) is 0.500. The Kier molecular flexibility index (Phi) is 7.03. The van der Waals surface area contributed by atoms with Crippen molar-refractivity contribution in [3.05, 3.63) is 29.8 Å². The molecule has 0 saturated heterocycles. The molecule has 0 heterocycles. The van der Waals surface area contributed by atoms with Crippen molar-refractivity contribution in [2.75, 3.05) is 7.11 Å². The molecule has 1 aromatic rings. The molecule has 20 heavy (non-hydrogen) atoms. The van der Waals surface area contributed by atoms with Crippen molar-refractivity contribution in [3.8, 4) is 5.75 Å². The number of para-hydroxylation sites is 1. The zero-order valence-corrected chi connectivity index (χ0v) is 13.7. The van der Waals surface area contributed by atoms with Crippen LogP contribution in [-0.2, 0) is 11.4 Å². The number of hydrogen-bond donors (Lipinski definition) is 0. The van der Waals surface area contributed by atoms with Gasteiger partial charge in [-0.25, -0.2) is 4.79 Å². The Bertz CT molecular complexity index is 423. The Morgan fingerprint density at radius 1 is 1.05 bits per heavy atom. The maximum Gasteiger partial charge on any atom is 1.00 e. The van der Waals surface area contributed by atoms with Gasteiger partial charge in [0.2, 0.25) is 0 Å². The third-order valence-electron chi connectivity index (χ3n) is 2.30. The average molecular weight is 296 g/mol. The van der Waals surface area contributed by atoms with E-state index in [-0.39, 0.29) is 12.2 Å². The van der Waals surface area contributed by atoms with Gasteiger partial charge in [0.05, 0.1) is 12.7 Å². The van der Waals surface area contributed by atoms with Crippen molar-refractivity contribution < 1.29 is 20.9 Å². The molecule has 1 aromatic carbocycles. The second-order valence-corrected chi connectivity index (χ2v) is 6.12. The minimum atomic E-state index is -2.51. The summed E-state index contributed by atoms with van der Waals surface area (Å²) in [5.74, 6) is -0.0141. The Hall–Kier alpha value is -1.06. The summed E-state index contributed by atoms with van der Waals surface area (Å²) in [6.45, 7) is 7.50. The van der Waals surface area contributed by atoms with Crippen LogP contribution in [0.1, 0.15) is 38.1 Å². The molecule has 0 saturated carbocycles. The number of benzene rings is 1. The molecule has 1 rings (SSSR count). The van der Waals surface area contributed by atoms with Gasteiger partial charge < -0.3 is 16.1 Å². The minimum Gasteiger partial charge on any atom is -0.568 e. The zero-order valence-electron chi connectivity index (χ0n) is 12.6. The van der Waals surface area contributed by atoms with Crippen LogP contribution >= 0.6 is 0 Å². The summed E-state index contributed by atoms with van der Waals surface area (Å²) in [6.07, 6.45) is -0.119. The third kappa shape index (κ3) is 5.52. The van der Waals surface area contributed by atoms with E-state index in [4.69, 9.17) is 16.1 Å². The second kappa shape index (κ2) is 8.28. The fourth-order valence-electron chi connectivity index (χ4n) is 1.50. The van der Waals surface area contributed by atoms with Gasteiger partial charge in [0.15, 0.2) is 0 Å². The SMILES string of the molecule is COc1ccccc1C(=O)[O][Al]([O]C(C)C)[O]C(C)C. The molecule has 0 bridgehead atoms. The van der Waals surface area contributed by atoms with E-state index in [0.717, 1.165) is 0 Å². The molecule has 0 aliphatic carbocycles. The standard InChI is InChI=1S/C8H8O3.2C3H7O.Al/c1-11-7-5-3-2-4-6(7)8(9)10;2*1-3(2)4;/h2-5H,1H3,(H,9,10);2*3H,1-2H3;/q;2*-1;+3/p-1. The quantitative estimate of drug-likeness (QED) is 0.724. The molecule has 0 unspecified atom stereocenters. The summed E-state index contributed by atoms with van der Waals surface area (Å²) < 4.78 is 21.6. The topological polar surface area (TPSA) is 54.0 Å². The molecule has 0 spiro atoms. The van der Waals surface area contributed by atoms with Crippen LogP contribution in [0.3, 0.4) is 0 Å². The van der Waals surface area contributed by atoms with E-state index < -0.39 is 21.1 Å². The molecule has 0 aliphatic heterocycles. The van der Waals surface area contributed by atoms with Crippen LogP contribution < -0.4 is 4.74 Å². The summed E-state index contributed by atoms with van der Waals surface area (Å²) >= 11 is -2.51. The van der Waals surface area contributed by atoms with Crippen molar-refractivity contribution in [1.82, 2.24) is 0 Å². The van der Waals surface area contributed by atoms with Crippen LogP contribution in [-0.4, -0.2) is 40.4 Å². The van der Waals surface area contributed by atoms with E-state index in [1.165, 1.54) is 7.11 Å². The van der Waals surface area contributed by atoms with E-state index in [9.17, 15) is 4.79 Å². The van der Waals surface area contributed by atoms with Gasteiger partial charge in [-0.3, -0.25) is 0 Å². The molecular weight excluding hydrogens is 275 g/mol. The first-order valence-electron chi connectivity index (χ1n) is 6.59. The molecule has 110 valence electrons. The summed E-state index contributed by atoms with van der Waals surface area (Å²) in [5.41, 5.74) is 0.368. The van der Waals surface area contributed by atoms with Crippen molar-refractivity contribution in [3.63, 3.8) is 0 Å². The second-order valence-electron chi connectivity index (χ2n) is 4.76. The molecule has 0 fully saturated rings. The van der Waals surface area contributed by atoms with Gasteiger partial charge in [-0.2, -0.15) is 0 Å². The van der Waals surface area contributed by atoms with Gasteiger partial charge in [-0.05, 0) is 39.8 Å². The maximum absolute atomic E-state index is 12.2. The maximum atomic E-state index is 12.2. The highest BCUT2D eigenvalue weighted by molar-refractivity contribution is 6.40. The highest BCUT2D eigenvalue weighted by Gasteiger charge is 2.39. The lowest BCUT2D eigenvalue weighted by Gasteiger charge is -2.18. The molecule has 0 atom stereocenters. The summed E-state index contributed by atoms with van der Waals surface area (Å²) in [6, 6.07) is 6.90. The van der Waals surface area contributed by atoms with Gasteiger partial charge in [-0.15, -0.1) is 0 Å². The Balaban J connectivity index is 2.79. The first-order chi connectivity index (χ1) is 9.43. The number of carbonyl (C=O) groups excluding carboxylic acids is 1. The number of hydrogen-bond acceptors (Lipinski definition) is 5. The van der Waals surface area contributed by atoms with Gasteiger partial charge in [0, 0.05) is 12.2 Å². The van der Waals surface area contributed by atoms with E-state index in [1.807, 2.05) is 27.7 Å². The molecule has 0 aliphatic rings. The molecular formula is C14H21AlO5. The van der Waals surface area contributed by atoms with Crippen molar-refractivity contribution in [2.45, 2.75) is 39.9 Å². The summed E-state index contributed by atoms with van der Waals surface area (Å²) in [5, 5.41) is 0. The Labute approximate surface area is 125 Å². The molecule has 0 amide bonds. The van der Waals surface area contributed by atoms with Crippen molar-refractivity contribution in [2.24, 2.45) is 0 Å². The Morgan fingerprint density at radius 2 is 1.60 bits per heavy atom. The van der Waals surface area contributed by atoms with Crippen LogP contribution in [0.4, 0.5) is 0 Å². The molecule has 0 N–H and O–H groups in total. The largest absolute Gasteiger partial charge is 1.00 e. The van der Waals surface area contributed by atoms with Crippen LogP contribution in [0.25, 0.3) is 0 Å². The lowest BCUT2D eigenvalue weighted by atomic mass is 10.2. The zero-order chi connectivity index (χ0) is 15.1. The molecule has 0 radical (unpaired) electrons. The average Bonchev–Trinajstić information content (AvgIpc) is 2.36. The lowest BCUT2D eigenvalue weighted by molar-refractivity contribution is 0.0374. The fourth-order valence-corrected chi connectivity index (χ4v) is 2.86. The third-order valence-corrected chi connectivity index (χ3v) is 4.24. The number of rotatable bonds is 7. The first kappa shape index (κ1) is 17.0.